The van der Waals surface area contributed by atoms with Crippen LogP contribution >= 0.6 is 0 Å². The second-order valence-corrected chi connectivity index (χ2v) is 9.26. The van der Waals surface area contributed by atoms with Crippen molar-refractivity contribution in [3.63, 3.8) is 0 Å². The van der Waals surface area contributed by atoms with Gasteiger partial charge in [-0.3, -0.25) is 14.4 Å². The van der Waals surface area contributed by atoms with Gasteiger partial charge in [0.05, 0.1) is 13.7 Å². The monoisotopic (exact) mass is 509 g/mol. The summed E-state index contributed by atoms with van der Waals surface area (Å²) in [5, 5.41) is 24.5. The molecule has 0 heterocycles. The summed E-state index contributed by atoms with van der Waals surface area (Å²) in [6, 6.07) is 3.13. The normalized spacial score (nSPS) is 12.7. The molecule has 0 saturated carbocycles. The number of phenols is 1. The van der Waals surface area contributed by atoms with Crippen molar-refractivity contribution in [3.05, 3.63) is 29.8 Å². The molecule has 0 aromatic heterocycles. The molecular formula is C25H39N3O8. The van der Waals surface area contributed by atoms with Gasteiger partial charge in [-0.1, -0.05) is 38.3 Å². The molecule has 1 rings (SSSR count). The van der Waals surface area contributed by atoms with Crippen LogP contribution in [0.25, 0.3) is 0 Å². The second-order valence-electron chi connectivity index (χ2n) is 9.26. The van der Waals surface area contributed by atoms with Gasteiger partial charge >= 0.3 is 12.1 Å². The Balaban J connectivity index is 3.35. The molecule has 36 heavy (non-hydrogen) atoms. The summed E-state index contributed by atoms with van der Waals surface area (Å²) in [4.78, 5) is 52.0. The summed E-state index contributed by atoms with van der Waals surface area (Å²) in [6.07, 6.45) is 2.32. The molecule has 3 amide bonds. The number of unbranched alkanes of at least 4 members (excludes halogenated alkanes) is 3. The summed E-state index contributed by atoms with van der Waals surface area (Å²) in [5.74, 6) is -2.07. The maximum atomic E-state index is 13.6. The van der Waals surface area contributed by atoms with E-state index < -0.39 is 54.7 Å². The molecular weight excluding hydrogens is 470 g/mol. The summed E-state index contributed by atoms with van der Waals surface area (Å²) in [5.41, 5.74) is -0.456. The van der Waals surface area contributed by atoms with E-state index in [1.165, 1.54) is 36.3 Å². The summed E-state index contributed by atoms with van der Waals surface area (Å²) < 4.78 is 9.78. The van der Waals surface area contributed by atoms with Crippen LogP contribution in [-0.4, -0.2) is 77.4 Å². The fourth-order valence-corrected chi connectivity index (χ4v) is 3.37. The number of phenolic OH excluding ortho intramolecular Hbond substituents is 1. The van der Waals surface area contributed by atoms with E-state index >= 15 is 0 Å². The average molecular weight is 510 g/mol. The Morgan fingerprint density at radius 3 is 2.22 bits per heavy atom. The molecule has 0 aliphatic carbocycles. The lowest BCUT2D eigenvalue weighted by atomic mass is 10.0. The Morgan fingerprint density at radius 1 is 1.06 bits per heavy atom. The second kappa shape index (κ2) is 14.9. The number of aliphatic hydroxyl groups is 1. The van der Waals surface area contributed by atoms with Gasteiger partial charge in [0.2, 0.25) is 11.8 Å². The topological polar surface area (TPSA) is 154 Å². The number of methoxy groups -OCH3 is 1. The quantitative estimate of drug-likeness (QED) is 0.233. The van der Waals surface area contributed by atoms with E-state index in [9.17, 15) is 29.4 Å². The van der Waals surface area contributed by atoms with Crippen molar-refractivity contribution >= 4 is 23.9 Å². The number of nitrogens with one attached hydrogen (secondary N) is 2. The summed E-state index contributed by atoms with van der Waals surface area (Å²) >= 11 is 0. The number of benzene rings is 1. The van der Waals surface area contributed by atoms with Gasteiger partial charge in [0.1, 0.15) is 30.0 Å². The zero-order valence-electron chi connectivity index (χ0n) is 21.7. The van der Waals surface area contributed by atoms with Crippen LogP contribution in [-0.2, 0) is 23.9 Å². The van der Waals surface area contributed by atoms with Crippen molar-refractivity contribution in [2.24, 2.45) is 0 Å². The van der Waals surface area contributed by atoms with E-state index in [1.54, 1.807) is 20.8 Å². The van der Waals surface area contributed by atoms with Gasteiger partial charge < -0.3 is 35.2 Å². The van der Waals surface area contributed by atoms with E-state index in [2.05, 4.69) is 15.4 Å². The molecule has 0 fully saturated rings. The molecule has 0 aliphatic heterocycles. The molecule has 0 aliphatic rings. The van der Waals surface area contributed by atoms with Crippen LogP contribution in [0, 0.1) is 0 Å². The zero-order chi connectivity index (χ0) is 27.3. The van der Waals surface area contributed by atoms with Crippen molar-refractivity contribution in [3.8, 4) is 5.75 Å². The number of nitrogens with zero attached hydrogens (tertiary/aromatic N) is 1. The molecule has 0 saturated heterocycles. The molecule has 0 bridgehead atoms. The minimum absolute atomic E-state index is 0.0341. The molecule has 0 radical (unpaired) electrons. The number of aliphatic hydroxyl groups excluding tert-OH is 1. The summed E-state index contributed by atoms with van der Waals surface area (Å²) in [6.45, 7) is 6.02. The molecule has 1 aromatic rings. The molecule has 11 heteroatoms. The molecule has 1 aromatic carbocycles. The third-order valence-electron chi connectivity index (χ3n) is 5.11. The number of carbonyl (C=O) groups is 4. The first kappa shape index (κ1) is 30.7. The Bertz CT molecular complexity index is 867. The lowest BCUT2D eigenvalue weighted by Gasteiger charge is -2.34. The SMILES string of the molecule is CCCCCCN(C(=O)C(CO)NC(=O)OC(C)(C)C)C(C(=O)NCC(=O)OC)c1ccc(O)cc1. The number of aromatic hydroxyl groups is 1. The summed E-state index contributed by atoms with van der Waals surface area (Å²) in [7, 11) is 1.18. The number of hydrogen-bond acceptors (Lipinski definition) is 8. The number of alkyl carbamates (subject to hydrolysis) is 1. The van der Waals surface area contributed by atoms with Gasteiger partial charge in [0.15, 0.2) is 0 Å². The average Bonchev–Trinajstić information content (AvgIpc) is 2.82. The largest absolute Gasteiger partial charge is 0.508 e. The Hall–Kier alpha value is -3.34. The van der Waals surface area contributed by atoms with Crippen LogP contribution in [0.2, 0.25) is 0 Å². The Labute approximate surface area is 212 Å². The first-order valence-electron chi connectivity index (χ1n) is 12.0. The standard InChI is InChI=1S/C25H39N3O8/c1-6-7-8-9-14-28(23(33)19(16-29)27-24(34)36-25(2,3)4)21(17-10-12-18(30)13-11-17)22(32)26-15-20(31)35-5/h10-13,19,21,29-30H,6-9,14-16H2,1-5H3,(H,26,32)(H,27,34). The number of esters is 1. The van der Waals surface area contributed by atoms with Gasteiger partial charge in [-0.25, -0.2) is 4.79 Å². The molecule has 4 N–H and O–H groups in total. The van der Waals surface area contributed by atoms with Gasteiger partial charge in [-0.15, -0.1) is 0 Å². The molecule has 2 atom stereocenters. The van der Waals surface area contributed by atoms with Crippen molar-refractivity contribution in [1.82, 2.24) is 15.5 Å². The van der Waals surface area contributed by atoms with E-state index in [0.29, 0.717) is 12.0 Å². The maximum absolute atomic E-state index is 13.6. The van der Waals surface area contributed by atoms with Gasteiger partial charge in [-0.05, 0) is 44.9 Å². The van der Waals surface area contributed by atoms with Crippen LogP contribution in [0.3, 0.4) is 0 Å². The third kappa shape index (κ3) is 10.5. The minimum atomic E-state index is -1.38. The molecule has 202 valence electrons. The predicted octanol–water partition coefficient (Wildman–Crippen LogP) is 2.02. The first-order valence-corrected chi connectivity index (χ1v) is 12.0. The van der Waals surface area contributed by atoms with Crippen molar-refractivity contribution < 1.29 is 38.9 Å². The highest BCUT2D eigenvalue weighted by Crippen LogP contribution is 2.25. The van der Waals surface area contributed by atoms with Crippen molar-refractivity contribution in [2.45, 2.75) is 71.1 Å². The molecule has 11 nitrogen and oxygen atoms in total. The van der Waals surface area contributed by atoms with Gasteiger partial charge in [0.25, 0.3) is 0 Å². The van der Waals surface area contributed by atoms with Crippen molar-refractivity contribution in [1.29, 1.82) is 0 Å². The highest BCUT2D eigenvalue weighted by molar-refractivity contribution is 5.93. The number of amides is 3. The molecule has 2 unspecified atom stereocenters. The molecule has 0 spiro atoms. The highest BCUT2D eigenvalue weighted by Gasteiger charge is 2.36. The highest BCUT2D eigenvalue weighted by atomic mass is 16.6. The fourth-order valence-electron chi connectivity index (χ4n) is 3.37. The lowest BCUT2D eigenvalue weighted by Crippen LogP contribution is -2.54. The van der Waals surface area contributed by atoms with E-state index in [-0.39, 0.29) is 12.3 Å². The number of carbonyl (C=O) groups excluding carboxylic acids is 4. The first-order chi connectivity index (χ1) is 16.9. The smallest absolute Gasteiger partial charge is 0.408 e. The number of rotatable bonds is 13. The third-order valence-corrected chi connectivity index (χ3v) is 5.11. The van der Waals surface area contributed by atoms with Gasteiger partial charge in [0, 0.05) is 6.54 Å². The maximum Gasteiger partial charge on any atom is 0.408 e. The van der Waals surface area contributed by atoms with Crippen LogP contribution in [0.1, 0.15) is 65.0 Å². The van der Waals surface area contributed by atoms with E-state index in [0.717, 1.165) is 19.3 Å². The lowest BCUT2D eigenvalue weighted by molar-refractivity contribution is -0.145. The fraction of sp³-hybridized carbons (Fsp3) is 0.600. The predicted molar refractivity (Wildman–Crippen MR) is 132 cm³/mol. The minimum Gasteiger partial charge on any atom is -0.508 e. The number of ether oxygens (including phenoxy) is 2. The Morgan fingerprint density at radius 2 is 1.69 bits per heavy atom. The van der Waals surface area contributed by atoms with Crippen LogP contribution in [0.5, 0.6) is 5.75 Å². The zero-order valence-corrected chi connectivity index (χ0v) is 21.7. The van der Waals surface area contributed by atoms with E-state index in [4.69, 9.17) is 4.74 Å². The number of hydrogen-bond donors (Lipinski definition) is 4. The van der Waals surface area contributed by atoms with Gasteiger partial charge in [-0.2, -0.15) is 0 Å². The van der Waals surface area contributed by atoms with E-state index in [1.807, 2.05) is 6.92 Å². The van der Waals surface area contributed by atoms with Crippen LogP contribution in [0.4, 0.5) is 4.79 Å². The van der Waals surface area contributed by atoms with Crippen molar-refractivity contribution in [2.75, 3.05) is 26.8 Å². The van der Waals surface area contributed by atoms with Crippen LogP contribution in [0.15, 0.2) is 24.3 Å². The Kier molecular flexibility index (Phi) is 12.7. The van der Waals surface area contributed by atoms with Crippen LogP contribution < -0.4 is 10.6 Å².